The molecule has 1 aliphatic rings. The predicted molar refractivity (Wildman–Crippen MR) is 90.6 cm³/mol. The molecule has 4 nitrogen and oxygen atoms in total. The number of fused-ring (bicyclic) bond motifs is 1. The van der Waals surface area contributed by atoms with Gasteiger partial charge >= 0.3 is 0 Å². The van der Waals surface area contributed by atoms with Crippen molar-refractivity contribution < 1.29 is 4.79 Å². The van der Waals surface area contributed by atoms with Crippen LogP contribution in [0.5, 0.6) is 0 Å². The van der Waals surface area contributed by atoms with Crippen LogP contribution in [0, 0.1) is 0 Å². The van der Waals surface area contributed by atoms with Gasteiger partial charge in [0.05, 0.1) is 0 Å². The second-order valence-electron chi connectivity index (χ2n) is 5.71. The topological polar surface area (TPSA) is 35.6 Å². The van der Waals surface area contributed by atoms with E-state index in [0.29, 0.717) is 6.54 Å². The van der Waals surface area contributed by atoms with Gasteiger partial charge in [0.25, 0.3) is 5.91 Å². The van der Waals surface area contributed by atoms with Gasteiger partial charge in [-0.25, -0.2) is 0 Å². The first-order valence-electron chi connectivity index (χ1n) is 7.54. The molecule has 1 N–H and O–H groups in total. The van der Waals surface area contributed by atoms with Gasteiger partial charge in [-0.3, -0.25) is 4.79 Å². The molecule has 0 fully saturated rings. The monoisotopic (exact) mass is 295 g/mol. The van der Waals surface area contributed by atoms with E-state index >= 15 is 0 Å². The first-order valence-corrected chi connectivity index (χ1v) is 7.54. The summed E-state index contributed by atoms with van der Waals surface area (Å²) in [5.74, 6) is 0.0554. The lowest BCUT2D eigenvalue weighted by Crippen LogP contribution is -2.34. The van der Waals surface area contributed by atoms with Crippen molar-refractivity contribution in [1.82, 2.24) is 5.32 Å². The van der Waals surface area contributed by atoms with Crippen LogP contribution < -0.4 is 15.1 Å². The van der Waals surface area contributed by atoms with Crippen LogP contribution in [0.4, 0.5) is 11.4 Å². The third-order valence-electron chi connectivity index (χ3n) is 3.96. The van der Waals surface area contributed by atoms with Crippen LogP contribution >= 0.6 is 0 Å². The molecule has 0 unspecified atom stereocenters. The molecule has 0 saturated heterocycles. The Hall–Kier alpha value is -2.33. The highest BCUT2D eigenvalue weighted by molar-refractivity contribution is 6.07. The fourth-order valence-electron chi connectivity index (χ4n) is 2.74. The van der Waals surface area contributed by atoms with Gasteiger partial charge in [-0.2, -0.15) is 0 Å². The Kier molecular flexibility index (Phi) is 4.11. The molecule has 22 heavy (non-hydrogen) atoms. The Morgan fingerprint density at radius 1 is 1.14 bits per heavy atom. The van der Waals surface area contributed by atoms with Gasteiger partial charge in [-0.1, -0.05) is 24.3 Å². The van der Waals surface area contributed by atoms with Gasteiger partial charge in [-0.15, -0.1) is 0 Å². The smallest absolute Gasteiger partial charge is 0.258 e. The first kappa shape index (κ1) is 14.6. The van der Waals surface area contributed by atoms with Crippen LogP contribution in [0.15, 0.2) is 48.5 Å². The van der Waals surface area contributed by atoms with Crippen LogP contribution in [0.2, 0.25) is 0 Å². The average Bonchev–Trinajstić information content (AvgIpc) is 2.76. The maximum Gasteiger partial charge on any atom is 0.258 e. The summed E-state index contributed by atoms with van der Waals surface area (Å²) in [5, 5.41) is 3.37. The Labute approximate surface area is 131 Å². The Morgan fingerprint density at radius 3 is 2.77 bits per heavy atom. The van der Waals surface area contributed by atoms with Crippen molar-refractivity contribution in [2.45, 2.75) is 6.54 Å². The summed E-state index contributed by atoms with van der Waals surface area (Å²) in [4.78, 5) is 16.9. The van der Waals surface area contributed by atoms with Gasteiger partial charge in [-0.05, 0) is 29.8 Å². The number of benzene rings is 2. The minimum atomic E-state index is 0.0554. The predicted octanol–water partition coefficient (Wildman–Crippen LogP) is 2.50. The number of hydrogen-bond donors (Lipinski definition) is 1. The first-order chi connectivity index (χ1) is 10.7. The summed E-state index contributed by atoms with van der Waals surface area (Å²) in [6.07, 6.45) is 0. The molecular weight excluding hydrogens is 274 g/mol. The van der Waals surface area contributed by atoms with Gasteiger partial charge in [0, 0.05) is 50.7 Å². The molecule has 0 aliphatic carbocycles. The quantitative estimate of drug-likeness (QED) is 0.924. The molecule has 2 aromatic rings. The van der Waals surface area contributed by atoms with Crippen molar-refractivity contribution in [3.63, 3.8) is 0 Å². The van der Waals surface area contributed by atoms with Gasteiger partial charge in [0.15, 0.2) is 0 Å². The van der Waals surface area contributed by atoms with Crippen LogP contribution in [-0.4, -0.2) is 33.1 Å². The highest BCUT2D eigenvalue weighted by Gasteiger charge is 2.22. The van der Waals surface area contributed by atoms with E-state index in [0.717, 1.165) is 35.6 Å². The minimum absolute atomic E-state index is 0.0554. The van der Waals surface area contributed by atoms with E-state index < -0.39 is 0 Å². The van der Waals surface area contributed by atoms with E-state index in [9.17, 15) is 4.79 Å². The average molecular weight is 295 g/mol. The summed E-state index contributed by atoms with van der Waals surface area (Å²) in [6, 6.07) is 15.9. The molecule has 1 aliphatic heterocycles. The summed E-state index contributed by atoms with van der Waals surface area (Å²) in [7, 11) is 3.96. The molecule has 0 spiro atoms. The maximum absolute atomic E-state index is 13.0. The summed E-state index contributed by atoms with van der Waals surface area (Å²) in [5.41, 5.74) is 3.93. The van der Waals surface area contributed by atoms with Crippen molar-refractivity contribution in [1.29, 1.82) is 0 Å². The van der Waals surface area contributed by atoms with Gasteiger partial charge in [0.1, 0.15) is 0 Å². The molecule has 0 bridgehead atoms. The largest absolute Gasteiger partial charge is 0.378 e. The molecule has 0 saturated carbocycles. The van der Waals surface area contributed by atoms with E-state index in [4.69, 9.17) is 0 Å². The number of nitrogens with one attached hydrogen (secondary N) is 1. The number of rotatable bonds is 2. The van der Waals surface area contributed by atoms with Crippen LogP contribution in [0.25, 0.3) is 0 Å². The van der Waals surface area contributed by atoms with Crippen molar-refractivity contribution in [2.75, 3.05) is 37.0 Å². The van der Waals surface area contributed by atoms with Crippen molar-refractivity contribution in [2.24, 2.45) is 0 Å². The van der Waals surface area contributed by atoms with Crippen molar-refractivity contribution >= 4 is 17.3 Å². The summed E-state index contributed by atoms with van der Waals surface area (Å²) < 4.78 is 0. The number of hydrogen-bond acceptors (Lipinski definition) is 3. The molecule has 114 valence electrons. The lowest BCUT2D eigenvalue weighted by atomic mass is 10.1. The Morgan fingerprint density at radius 2 is 1.95 bits per heavy atom. The van der Waals surface area contributed by atoms with Crippen molar-refractivity contribution in [3.8, 4) is 0 Å². The minimum Gasteiger partial charge on any atom is -0.378 e. The second kappa shape index (κ2) is 6.20. The standard InChI is InChI=1S/C18H21N3O/c1-20(2)16-8-5-7-14(12-16)18(22)21-11-10-19-13-15-6-3-4-9-17(15)21/h3-9,12,19H,10-11,13H2,1-2H3. The van der Waals surface area contributed by atoms with Gasteiger partial charge in [0.2, 0.25) is 0 Å². The molecule has 3 rings (SSSR count). The fourth-order valence-corrected chi connectivity index (χ4v) is 2.74. The normalized spacial score (nSPS) is 14.2. The molecule has 0 radical (unpaired) electrons. The van der Waals surface area contributed by atoms with Crippen molar-refractivity contribution in [3.05, 3.63) is 59.7 Å². The highest BCUT2D eigenvalue weighted by atomic mass is 16.2. The molecule has 2 aromatic carbocycles. The number of carbonyl (C=O) groups is 1. The molecule has 1 heterocycles. The number of amides is 1. The lowest BCUT2D eigenvalue weighted by molar-refractivity contribution is 0.0987. The number of nitrogens with zero attached hydrogens (tertiary/aromatic N) is 2. The maximum atomic E-state index is 13.0. The second-order valence-corrected chi connectivity index (χ2v) is 5.71. The van der Waals surface area contributed by atoms with Crippen LogP contribution in [0.3, 0.4) is 0 Å². The van der Waals surface area contributed by atoms with Crippen LogP contribution in [-0.2, 0) is 6.54 Å². The molecule has 1 amide bonds. The third kappa shape index (κ3) is 2.83. The van der Waals surface area contributed by atoms with Gasteiger partial charge < -0.3 is 15.1 Å². The number of para-hydroxylation sites is 1. The number of anilines is 2. The van der Waals surface area contributed by atoms with E-state index in [1.54, 1.807) is 0 Å². The zero-order valence-corrected chi connectivity index (χ0v) is 13.0. The highest BCUT2D eigenvalue weighted by Crippen LogP contribution is 2.25. The Balaban J connectivity index is 1.96. The zero-order valence-electron chi connectivity index (χ0n) is 13.0. The molecule has 0 aromatic heterocycles. The van der Waals surface area contributed by atoms with E-state index in [1.807, 2.05) is 66.4 Å². The fraction of sp³-hybridized carbons (Fsp3) is 0.278. The molecule has 0 atom stereocenters. The van der Waals surface area contributed by atoms with E-state index in [-0.39, 0.29) is 5.91 Å². The molecule has 4 heteroatoms. The molecular formula is C18H21N3O. The number of carbonyl (C=O) groups excluding carboxylic acids is 1. The van der Waals surface area contributed by atoms with Crippen LogP contribution in [0.1, 0.15) is 15.9 Å². The van der Waals surface area contributed by atoms with E-state index in [1.165, 1.54) is 0 Å². The van der Waals surface area contributed by atoms with E-state index in [2.05, 4.69) is 11.4 Å². The summed E-state index contributed by atoms with van der Waals surface area (Å²) >= 11 is 0. The Bertz CT molecular complexity index is 682. The zero-order chi connectivity index (χ0) is 15.5. The lowest BCUT2D eigenvalue weighted by Gasteiger charge is -2.23. The SMILES string of the molecule is CN(C)c1cccc(C(=O)N2CCNCc3ccccc32)c1. The summed E-state index contributed by atoms with van der Waals surface area (Å²) in [6.45, 7) is 2.29. The third-order valence-corrected chi connectivity index (χ3v) is 3.96.